The summed E-state index contributed by atoms with van der Waals surface area (Å²) in [7, 11) is 0. The maximum Gasteiger partial charge on any atom is 0.287 e. The number of amides is 3. The van der Waals surface area contributed by atoms with Crippen molar-refractivity contribution in [2.45, 2.75) is 44.7 Å². The molecule has 7 nitrogen and oxygen atoms in total. The molecule has 3 amide bonds. The minimum atomic E-state index is -1.43. The molecule has 4 rings (SSSR count). The van der Waals surface area contributed by atoms with Gasteiger partial charge in [-0.2, -0.15) is 0 Å². The fourth-order valence-corrected chi connectivity index (χ4v) is 4.35. The number of furan rings is 1. The summed E-state index contributed by atoms with van der Waals surface area (Å²) in [5.74, 6) is -3.23. The lowest BCUT2D eigenvalue weighted by atomic mass is 10.0. The van der Waals surface area contributed by atoms with Crippen LogP contribution in [-0.2, 0) is 9.59 Å². The molecule has 188 valence electrons. The van der Waals surface area contributed by atoms with Gasteiger partial charge in [-0.25, -0.2) is 8.78 Å². The molecule has 1 aliphatic carbocycles. The Morgan fingerprint density at radius 2 is 1.78 bits per heavy atom. The van der Waals surface area contributed by atoms with E-state index >= 15 is 4.39 Å². The van der Waals surface area contributed by atoms with Crippen molar-refractivity contribution in [1.82, 2.24) is 10.6 Å². The van der Waals surface area contributed by atoms with Crippen LogP contribution in [0.1, 0.15) is 53.4 Å². The third kappa shape index (κ3) is 5.62. The second-order valence-corrected chi connectivity index (χ2v) is 8.77. The molecule has 1 saturated carbocycles. The molecule has 36 heavy (non-hydrogen) atoms. The lowest BCUT2D eigenvalue weighted by molar-refractivity contribution is -0.126. The van der Waals surface area contributed by atoms with E-state index in [1.807, 2.05) is 0 Å². The molecule has 2 N–H and O–H groups in total. The number of anilines is 1. The van der Waals surface area contributed by atoms with Crippen molar-refractivity contribution in [3.8, 4) is 0 Å². The van der Waals surface area contributed by atoms with Gasteiger partial charge in [-0.05, 0) is 55.7 Å². The zero-order valence-electron chi connectivity index (χ0n) is 19.8. The summed E-state index contributed by atoms with van der Waals surface area (Å²) in [6, 6.07) is 11.2. The van der Waals surface area contributed by atoms with E-state index < -0.39 is 41.9 Å². The van der Waals surface area contributed by atoms with Crippen LogP contribution in [0.5, 0.6) is 0 Å². The molecule has 0 radical (unpaired) electrons. The van der Waals surface area contributed by atoms with Crippen LogP contribution >= 0.6 is 0 Å². The highest BCUT2D eigenvalue weighted by molar-refractivity contribution is 6.04. The zero-order chi connectivity index (χ0) is 25.7. The Kier molecular flexibility index (Phi) is 7.77. The van der Waals surface area contributed by atoms with Gasteiger partial charge in [0, 0.05) is 17.3 Å². The summed E-state index contributed by atoms with van der Waals surface area (Å²) in [6.45, 7) is 1.03. The maximum atomic E-state index is 15.0. The predicted octanol–water partition coefficient (Wildman–Crippen LogP) is 4.43. The van der Waals surface area contributed by atoms with Crippen molar-refractivity contribution in [3.63, 3.8) is 0 Å². The quantitative estimate of drug-likeness (QED) is 0.484. The highest BCUT2D eigenvalue weighted by Crippen LogP contribution is 2.31. The van der Waals surface area contributed by atoms with Crippen molar-refractivity contribution >= 4 is 23.4 Å². The second-order valence-electron chi connectivity index (χ2n) is 8.77. The highest BCUT2D eigenvalue weighted by atomic mass is 19.1. The first kappa shape index (κ1) is 25.1. The Bertz CT molecular complexity index is 1240. The summed E-state index contributed by atoms with van der Waals surface area (Å²) in [4.78, 5) is 40.5. The van der Waals surface area contributed by atoms with Crippen LogP contribution in [0, 0.1) is 18.6 Å². The lowest BCUT2D eigenvalue weighted by Gasteiger charge is -2.32. The standard InChI is InChI=1S/C27H27F2N3O4/c1-17-12-13-19(15-22(17)29)32(24(33)16-30-26(34)23-11-6-14-36-23)25(20-9-4-5-10-21(20)28)27(35)31-18-7-2-3-8-18/h4-6,9-15,18,25H,2-3,7-8,16H2,1H3,(H,30,34)(H,31,35)/t25-/m0/s1. The van der Waals surface area contributed by atoms with Gasteiger partial charge in [0.15, 0.2) is 5.76 Å². The molecular formula is C27H27F2N3O4. The van der Waals surface area contributed by atoms with Gasteiger partial charge in [0.25, 0.3) is 5.91 Å². The summed E-state index contributed by atoms with van der Waals surface area (Å²) in [6.07, 6.45) is 4.80. The van der Waals surface area contributed by atoms with Gasteiger partial charge >= 0.3 is 0 Å². The van der Waals surface area contributed by atoms with Crippen LogP contribution in [0.15, 0.2) is 65.3 Å². The number of carbonyl (C=O) groups is 3. The van der Waals surface area contributed by atoms with Gasteiger partial charge < -0.3 is 15.1 Å². The van der Waals surface area contributed by atoms with Crippen LogP contribution < -0.4 is 15.5 Å². The highest BCUT2D eigenvalue weighted by Gasteiger charge is 2.36. The first-order chi connectivity index (χ1) is 17.3. The van der Waals surface area contributed by atoms with Gasteiger partial charge in [-0.1, -0.05) is 37.1 Å². The monoisotopic (exact) mass is 495 g/mol. The summed E-state index contributed by atoms with van der Waals surface area (Å²) in [5, 5.41) is 5.38. The Morgan fingerprint density at radius 3 is 2.44 bits per heavy atom. The molecule has 1 atom stereocenters. The average Bonchev–Trinajstić information content (AvgIpc) is 3.58. The number of hydrogen-bond acceptors (Lipinski definition) is 4. The van der Waals surface area contributed by atoms with Crippen molar-refractivity contribution < 1.29 is 27.6 Å². The number of nitrogens with one attached hydrogen (secondary N) is 2. The number of rotatable bonds is 8. The zero-order valence-corrected chi connectivity index (χ0v) is 19.8. The number of hydrogen-bond donors (Lipinski definition) is 2. The lowest BCUT2D eigenvalue weighted by Crippen LogP contribution is -2.49. The van der Waals surface area contributed by atoms with E-state index in [2.05, 4.69) is 10.6 Å². The van der Waals surface area contributed by atoms with E-state index in [0.29, 0.717) is 5.56 Å². The van der Waals surface area contributed by atoms with Crippen LogP contribution in [0.4, 0.5) is 14.5 Å². The SMILES string of the molecule is Cc1ccc(N(C(=O)CNC(=O)c2ccco2)[C@H](C(=O)NC2CCCC2)c2ccccc2F)cc1F. The molecule has 1 fully saturated rings. The van der Waals surface area contributed by atoms with Gasteiger partial charge in [0.1, 0.15) is 17.7 Å². The molecule has 0 unspecified atom stereocenters. The molecule has 0 bridgehead atoms. The molecule has 1 heterocycles. The molecule has 0 saturated heterocycles. The van der Waals surface area contributed by atoms with E-state index in [9.17, 15) is 18.8 Å². The van der Waals surface area contributed by atoms with Crippen LogP contribution in [0.3, 0.4) is 0 Å². The minimum absolute atomic E-state index is 0.000334. The van der Waals surface area contributed by atoms with Crippen LogP contribution in [0.25, 0.3) is 0 Å². The van der Waals surface area contributed by atoms with E-state index in [1.54, 1.807) is 13.0 Å². The minimum Gasteiger partial charge on any atom is -0.459 e. The normalized spacial score (nSPS) is 14.3. The number of nitrogens with zero attached hydrogens (tertiary/aromatic N) is 1. The number of benzene rings is 2. The third-order valence-corrected chi connectivity index (χ3v) is 6.26. The maximum absolute atomic E-state index is 15.0. The molecule has 2 aromatic carbocycles. The van der Waals surface area contributed by atoms with Crippen LogP contribution in [0.2, 0.25) is 0 Å². The molecule has 0 aliphatic heterocycles. The molecule has 3 aromatic rings. The van der Waals surface area contributed by atoms with E-state index in [1.165, 1.54) is 48.7 Å². The second kappa shape index (κ2) is 11.2. The first-order valence-corrected chi connectivity index (χ1v) is 11.8. The van der Waals surface area contributed by atoms with Gasteiger partial charge in [0.05, 0.1) is 12.8 Å². The van der Waals surface area contributed by atoms with Crippen molar-refractivity contribution in [1.29, 1.82) is 0 Å². The molecule has 1 aromatic heterocycles. The molecular weight excluding hydrogens is 468 g/mol. The fourth-order valence-electron chi connectivity index (χ4n) is 4.35. The van der Waals surface area contributed by atoms with Gasteiger partial charge in [-0.15, -0.1) is 0 Å². The number of halogens is 2. The molecule has 1 aliphatic rings. The Balaban J connectivity index is 1.72. The number of aryl methyl sites for hydroxylation is 1. The summed E-state index contributed by atoms with van der Waals surface area (Å²) >= 11 is 0. The smallest absolute Gasteiger partial charge is 0.287 e. The fraction of sp³-hybridized carbons (Fsp3) is 0.296. The summed E-state index contributed by atoms with van der Waals surface area (Å²) in [5.41, 5.74) is 0.361. The molecule has 0 spiro atoms. The molecule has 9 heteroatoms. The van der Waals surface area contributed by atoms with E-state index in [4.69, 9.17) is 4.42 Å². The Hall–Kier alpha value is -4.01. The Morgan fingerprint density at radius 1 is 1.03 bits per heavy atom. The van der Waals surface area contributed by atoms with Gasteiger partial charge in [-0.3, -0.25) is 19.3 Å². The first-order valence-electron chi connectivity index (χ1n) is 11.8. The number of carbonyl (C=O) groups excluding carboxylic acids is 3. The summed E-state index contributed by atoms with van der Waals surface area (Å²) < 4.78 is 34.7. The van der Waals surface area contributed by atoms with Crippen molar-refractivity contribution in [3.05, 3.63) is 89.4 Å². The average molecular weight is 496 g/mol. The van der Waals surface area contributed by atoms with Gasteiger partial charge in [0.2, 0.25) is 11.8 Å². The van der Waals surface area contributed by atoms with E-state index in [-0.39, 0.29) is 23.1 Å². The topological polar surface area (TPSA) is 91.7 Å². The van der Waals surface area contributed by atoms with Crippen molar-refractivity contribution in [2.24, 2.45) is 0 Å². The third-order valence-electron chi connectivity index (χ3n) is 6.26. The van der Waals surface area contributed by atoms with Crippen LogP contribution in [-0.4, -0.2) is 30.3 Å². The predicted molar refractivity (Wildman–Crippen MR) is 129 cm³/mol. The van der Waals surface area contributed by atoms with Crippen molar-refractivity contribution in [2.75, 3.05) is 11.4 Å². The van der Waals surface area contributed by atoms with E-state index in [0.717, 1.165) is 36.6 Å². The largest absolute Gasteiger partial charge is 0.459 e. The Labute approximate surface area is 207 Å².